The van der Waals surface area contributed by atoms with Gasteiger partial charge in [0.25, 0.3) is 5.91 Å². The minimum atomic E-state index is -0.314. The molecule has 8 heteroatoms. The highest BCUT2D eigenvalue weighted by molar-refractivity contribution is 6.04. The number of anilines is 1. The lowest BCUT2D eigenvalue weighted by Crippen LogP contribution is -2.19. The maximum atomic E-state index is 12.9. The van der Waals surface area contributed by atoms with Gasteiger partial charge in [0.05, 0.1) is 12.2 Å². The van der Waals surface area contributed by atoms with Gasteiger partial charge in [0.1, 0.15) is 17.6 Å². The molecule has 172 valence electrons. The Morgan fingerprint density at radius 1 is 1.12 bits per heavy atom. The number of ether oxygens (including phenoxy) is 4. The van der Waals surface area contributed by atoms with Crippen LogP contribution in [0.25, 0.3) is 0 Å². The summed E-state index contributed by atoms with van der Waals surface area (Å²) in [5, 5.41) is 6.97. The number of hydrogen-bond acceptors (Lipinski definition) is 6. The van der Waals surface area contributed by atoms with Crippen LogP contribution in [0.4, 0.5) is 5.82 Å². The second-order valence-electron chi connectivity index (χ2n) is 7.26. The second-order valence-corrected chi connectivity index (χ2v) is 7.26. The summed E-state index contributed by atoms with van der Waals surface area (Å²) >= 11 is 0. The SMILES string of the molecule is COCOc1ccccc1C#Cc1cc(O[C@@H](C)COC)cc(C(=O)Nc2ccn(C)n2)c1. The predicted molar refractivity (Wildman–Crippen MR) is 124 cm³/mol. The average Bonchev–Trinajstić information content (AvgIpc) is 3.21. The molecule has 3 rings (SSSR count). The van der Waals surface area contributed by atoms with E-state index >= 15 is 0 Å². The normalized spacial score (nSPS) is 11.3. The first-order valence-electron chi connectivity index (χ1n) is 10.3. The van der Waals surface area contributed by atoms with Crippen molar-refractivity contribution < 1.29 is 23.7 Å². The summed E-state index contributed by atoms with van der Waals surface area (Å²) in [5.41, 5.74) is 1.72. The number of benzene rings is 2. The molecule has 0 aliphatic rings. The highest BCUT2D eigenvalue weighted by Crippen LogP contribution is 2.21. The Hall–Kier alpha value is -3.80. The molecule has 0 fully saturated rings. The molecule has 0 radical (unpaired) electrons. The molecule has 1 aromatic heterocycles. The number of methoxy groups -OCH3 is 2. The zero-order valence-corrected chi connectivity index (χ0v) is 19.1. The number of hydrogen-bond donors (Lipinski definition) is 1. The first-order chi connectivity index (χ1) is 16.0. The number of carbonyl (C=O) groups excluding carboxylic acids is 1. The van der Waals surface area contributed by atoms with E-state index in [0.29, 0.717) is 40.6 Å². The third-order valence-electron chi connectivity index (χ3n) is 4.42. The summed E-state index contributed by atoms with van der Waals surface area (Å²) in [6.07, 6.45) is 1.55. The van der Waals surface area contributed by atoms with Gasteiger partial charge in [-0.3, -0.25) is 9.48 Å². The Labute approximate surface area is 193 Å². The summed E-state index contributed by atoms with van der Waals surface area (Å²) in [6, 6.07) is 14.3. The highest BCUT2D eigenvalue weighted by Gasteiger charge is 2.13. The first kappa shape index (κ1) is 23.9. The van der Waals surface area contributed by atoms with Crippen LogP contribution in [-0.4, -0.2) is 49.4 Å². The Morgan fingerprint density at radius 3 is 2.67 bits per heavy atom. The molecule has 0 saturated carbocycles. The van der Waals surface area contributed by atoms with Gasteiger partial charge in [0.15, 0.2) is 12.6 Å². The first-order valence-corrected chi connectivity index (χ1v) is 10.3. The molecule has 2 aromatic carbocycles. The Balaban J connectivity index is 1.91. The van der Waals surface area contributed by atoms with E-state index in [1.54, 1.807) is 56.4 Å². The molecule has 0 saturated heterocycles. The van der Waals surface area contributed by atoms with Gasteiger partial charge in [0.2, 0.25) is 0 Å². The van der Waals surface area contributed by atoms with E-state index in [2.05, 4.69) is 22.3 Å². The minimum absolute atomic E-state index is 0.122. The van der Waals surface area contributed by atoms with Gasteiger partial charge in [0, 0.05) is 44.7 Å². The van der Waals surface area contributed by atoms with Crippen LogP contribution in [0.3, 0.4) is 0 Å². The molecule has 0 bridgehead atoms. The summed E-state index contributed by atoms with van der Waals surface area (Å²) in [5.74, 6) is 7.48. The zero-order valence-electron chi connectivity index (χ0n) is 19.1. The standard InChI is InChI=1S/C25H27N3O5/c1-18(16-30-3)33-22-14-19(9-10-20-7-5-6-8-23(20)32-17-31-4)13-21(15-22)25(29)26-24-11-12-28(2)27-24/h5-8,11-15,18H,16-17H2,1-4H3,(H,26,27,29)/t18-/m0/s1. The van der Waals surface area contributed by atoms with Gasteiger partial charge in [-0.05, 0) is 37.3 Å². The third-order valence-corrected chi connectivity index (χ3v) is 4.42. The van der Waals surface area contributed by atoms with Gasteiger partial charge >= 0.3 is 0 Å². The topological polar surface area (TPSA) is 83.8 Å². The third kappa shape index (κ3) is 7.10. The monoisotopic (exact) mass is 449 g/mol. The van der Waals surface area contributed by atoms with Crippen LogP contribution in [0.5, 0.6) is 11.5 Å². The number of para-hydroxylation sites is 1. The molecule has 1 N–H and O–H groups in total. The quantitative estimate of drug-likeness (QED) is 0.398. The van der Waals surface area contributed by atoms with Gasteiger partial charge in [-0.2, -0.15) is 5.10 Å². The summed E-state index contributed by atoms with van der Waals surface area (Å²) < 4.78 is 23.2. The summed E-state index contributed by atoms with van der Waals surface area (Å²) in [6.45, 7) is 2.42. The van der Waals surface area contributed by atoms with Crippen molar-refractivity contribution in [2.75, 3.05) is 32.9 Å². The summed E-state index contributed by atoms with van der Waals surface area (Å²) in [4.78, 5) is 12.9. The van der Waals surface area contributed by atoms with Crippen molar-refractivity contribution in [1.29, 1.82) is 0 Å². The Kier molecular flexibility index (Phi) is 8.47. The summed E-state index contributed by atoms with van der Waals surface area (Å²) in [7, 11) is 4.95. The maximum Gasteiger partial charge on any atom is 0.257 e. The van der Waals surface area contributed by atoms with E-state index in [-0.39, 0.29) is 18.8 Å². The van der Waals surface area contributed by atoms with Crippen LogP contribution < -0.4 is 14.8 Å². The van der Waals surface area contributed by atoms with E-state index in [1.165, 1.54) is 0 Å². The molecule has 3 aromatic rings. The number of aromatic nitrogens is 2. The lowest BCUT2D eigenvalue weighted by molar-refractivity contribution is 0.0509. The van der Waals surface area contributed by atoms with Crippen molar-refractivity contribution in [2.45, 2.75) is 13.0 Å². The minimum Gasteiger partial charge on any atom is -0.488 e. The van der Waals surface area contributed by atoms with Crippen molar-refractivity contribution in [2.24, 2.45) is 7.05 Å². The number of amides is 1. The molecule has 1 heterocycles. The van der Waals surface area contributed by atoms with E-state index in [1.807, 2.05) is 31.2 Å². The number of nitrogens with zero attached hydrogens (tertiary/aromatic N) is 2. The second kappa shape index (κ2) is 11.7. The number of carbonyl (C=O) groups is 1. The lowest BCUT2D eigenvalue weighted by Gasteiger charge is -2.15. The molecule has 1 atom stereocenters. The van der Waals surface area contributed by atoms with Gasteiger partial charge < -0.3 is 24.3 Å². The fourth-order valence-corrected chi connectivity index (χ4v) is 3.00. The van der Waals surface area contributed by atoms with Gasteiger partial charge in [-0.25, -0.2) is 0 Å². The van der Waals surface area contributed by atoms with E-state index in [4.69, 9.17) is 18.9 Å². The van der Waals surface area contributed by atoms with E-state index in [9.17, 15) is 4.79 Å². The molecule has 1 amide bonds. The average molecular weight is 450 g/mol. The van der Waals surface area contributed by atoms with Crippen molar-refractivity contribution in [3.05, 3.63) is 71.4 Å². The van der Waals surface area contributed by atoms with Crippen LogP contribution >= 0.6 is 0 Å². The molecule has 8 nitrogen and oxygen atoms in total. The fourth-order valence-electron chi connectivity index (χ4n) is 3.00. The van der Waals surface area contributed by atoms with Crippen LogP contribution in [0, 0.1) is 11.8 Å². The molecular weight excluding hydrogens is 422 g/mol. The zero-order chi connectivity index (χ0) is 23.6. The van der Waals surface area contributed by atoms with E-state index in [0.717, 1.165) is 0 Å². The van der Waals surface area contributed by atoms with Gasteiger partial charge in [-0.15, -0.1) is 0 Å². The highest BCUT2D eigenvalue weighted by atomic mass is 16.7. The van der Waals surface area contributed by atoms with Crippen LogP contribution in [0.1, 0.15) is 28.4 Å². The van der Waals surface area contributed by atoms with Gasteiger partial charge in [-0.1, -0.05) is 24.0 Å². The molecular formula is C25H27N3O5. The predicted octanol–water partition coefficient (Wildman–Crippen LogP) is 3.47. The molecule has 0 aliphatic carbocycles. The molecule has 0 aliphatic heterocycles. The largest absolute Gasteiger partial charge is 0.488 e. The Bertz CT molecular complexity index is 1150. The van der Waals surface area contributed by atoms with Crippen LogP contribution in [0.2, 0.25) is 0 Å². The van der Waals surface area contributed by atoms with Crippen LogP contribution in [0.15, 0.2) is 54.7 Å². The fraction of sp³-hybridized carbons (Fsp3) is 0.280. The lowest BCUT2D eigenvalue weighted by atomic mass is 10.1. The molecule has 0 spiro atoms. The van der Waals surface area contributed by atoms with Crippen molar-refractivity contribution in [3.8, 4) is 23.3 Å². The van der Waals surface area contributed by atoms with Crippen molar-refractivity contribution >= 4 is 11.7 Å². The maximum absolute atomic E-state index is 12.9. The van der Waals surface area contributed by atoms with E-state index < -0.39 is 0 Å². The number of rotatable bonds is 9. The van der Waals surface area contributed by atoms with Crippen molar-refractivity contribution in [3.63, 3.8) is 0 Å². The van der Waals surface area contributed by atoms with Crippen molar-refractivity contribution in [1.82, 2.24) is 9.78 Å². The molecule has 33 heavy (non-hydrogen) atoms. The molecule has 0 unspecified atom stereocenters. The number of nitrogens with one attached hydrogen (secondary N) is 1. The smallest absolute Gasteiger partial charge is 0.257 e. The Morgan fingerprint density at radius 2 is 1.94 bits per heavy atom. The number of aryl methyl sites for hydroxylation is 1. The van der Waals surface area contributed by atoms with Crippen LogP contribution in [-0.2, 0) is 16.5 Å².